The SMILES string of the molecule is NCc1ccc(C(=O)N2CCOC3CCCCC32)cc1. The van der Waals surface area contributed by atoms with Gasteiger partial charge in [0.15, 0.2) is 0 Å². The maximum atomic E-state index is 12.7. The summed E-state index contributed by atoms with van der Waals surface area (Å²) < 4.78 is 5.82. The molecular formula is C16H22N2O2. The lowest BCUT2D eigenvalue weighted by Gasteiger charge is -2.43. The van der Waals surface area contributed by atoms with Crippen molar-refractivity contribution in [2.75, 3.05) is 13.2 Å². The number of amides is 1. The standard InChI is InChI=1S/C16H22N2O2/c17-11-12-5-7-13(8-6-12)16(19)18-9-10-20-15-4-2-1-3-14(15)18/h5-8,14-15H,1-4,9-11,17H2. The molecule has 2 unspecified atom stereocenters. The minimum atomic E-state index is 0.133. The van der Waals surface area contributed by atoms with Gasteiger partial charge in [0.1, 0.15) is 0 Å². The third-order valence-corrected chi connectivity index (χ3v) is 4.43. The highest BCUT2D eigenvalue weighted by atomic mass is 16.5. The van der Waals surface area contributed by atoms with Gasteiger partial charge in [-0.1, -0.05) is 25.0 Å². The molecule has 0 spiro atoms. The van der Waals surface area contributed by atoms with E-state index in [1.807, 2.05) is 29.2 Å². The van der Waals surface area contributed by atoms with E-state index in [-0.39, 0.29) is 18.1 Å². The van der Waals surface area contributed by atoms with E-state index < -0.39 is 0 Å². The fraction of sp³-hybridized carbons (Fsp3) is 0.562. The van der Waals surface area contributed by atoms with E-state index in [0.29, 0.717) is 19.7 Å². The first-order valence-electron chi connectivity index (χ1n) is 7.51. The molecule has 1 aliphatic heterocycles. The molecule has 1 aliphatic carbocycles. The second-order valence-corrected chi connectivity index (χ2v) is 5.66. The summed E-state index contributed by atoms with van der Waals surface area (Å²) in [6.45, 7) is 1.88. The number of hydrogen-bond acceptors (Lipinski definition) is 3. The van der Waals surface area contributed by atoms with Crippen molar-refractivity contribution >= 4 is 5.91 Å². The van der Waals surface area contributed by atoms with Crippen LogP contribution in [0.4, 0.5) is 0 Å². The second kappa shape index (κ2) is 5.94. The first-order valence-corrected chi connectivity index (χ1v) is 7.51. The molecule has 1 saturated heterocycles. The molecule has 4 nitrogen and oxygen atoms in total. The molecule has 2 atom stereocenters. The Morgan fingerprint density at radius 3 is 2.75 bits per heavy atom. The molecular weight excluding hydrogens is 252 g/mol. The molecule has 1 aromatic carbocycles. The van der Waals surface area contributed by atoms with Crippen LogP contribution < -0.4 is 5.73 Å². The second-order valence-electron chi connectivity index (χ2n) is 5.66. The molecule has 20 heavy (non-hydrogen) atoms. The summed E-state index contributed by atoms with van der Waals surface area (Å²) in [7, 11) is 0. The number of carbonyl (C=O) groups is 1. The van der Waals surface area contributed by atoms with Crippen molar-refractivity contribution in [2.45, 2.75) is 44.4 Å². The van der Waals surface area contributed by atoms with Gasteiger partial charge in [0.25, 0.3) is 5.91 Å². The Morgan fingerprint density at radius 2 is 2.00 bits per heavy atom. The van der Waals surface area contributed by atoms with Crippen LogP contribution in [0.1, 0.15) is 41.6 Å². The minimum absolute atomic E-state index is 0.133. The smallest absolute Gasteiger partial charge is 0.254 e. The quantitative estimate of drug-likeness (QED) is 0.896. The van der Waals surface area contributed by atoms with Crippen LogP contribution in [0.5, 0.6) is 0 Å². The number of rotatable bonds is 2. The molecule has 1 saturated carbocycles. The van der Waals surface area contributed by atoms with Crippen LogP contribution >= 0.6 is 0 Å². The third kappa shape index (κ3) is 2.58. The Hall–Kier alpha value is -1.39. The number of ether oxygens (including phenoxy) is 1. The highest BCUT2D eigenvalue weighted by Gasteiger charge is 2.36. The van der Waals surface area contributed by atoms with Gasteiger partial charge in [0, 0.05) is 18.7 Å². The average Bonchev–Trinajstić information content (AvgIpc) is 2.54. The zero-order valence-corrected chi connectivity index (χ0v) is 11.8. The van der Waals surface area contributed by atoms with Crippen molar-refractivity contribution in [3.05, 3.63) is 35.4 Å². The molecule has 1 amide bonds. The third-order valence-electron chi connectivity index (χ3n) is 4.43. The van der Waals surface area contributed by atoms with Crippen LogP contribution in [-0.4, -0.2) is 36.1 Å². The fourth-order valence-electron chi connectivity index (χ4n) is 3.30. The zero-order valence-electron chi connectivity index (χ0n) is 11.8. The van der Waals surface area contributed by atoms with E-state index in [9.17, 15) is 4.79 Å². The molecule has 4 heteroatoms. The Balaban J connectivity index is 1.77. The maximum absolute atomic E-state index is 12.7. The molecule has 1 aromatic rings. The highest BCUT2D eigenvalue weighted by molar-refractivity contribution is 5.94. The number of fused-ring (bicyclic) bond motifs is 1. The first-order chi connectivity index (χ1) is 9.79. The predicted octanol–water partition coefficient (Wildman–Crippen LogP) is 1.93. The van der Waals surface area contributed by atoms with Gasteiger partial charge in [-0.3, -0.25) is 4.79 Å². The van der Waals surface area contributed by atoms with Crippen molar-refractivity contribution in [3.8, 4) is 0 Å². The predicted molar refractivity (Wildman–Crippen MR) is 77.4 cm³/mol. The molecule has 2 N–H and O–H groups in total. The Labute approximate surface area is 119 Å². The van der Waals surface area contributed by atoms with E-state index >= 15 is 0 Å². The van der Waals surface area contributed by atoms with Gasteiger partial charge in [0.05, 0.1) is 18.8 Å². The van der Waals surface area contributed by atoms with Crippen molar-refractivity contribution in [1.82, 2.24) is 4.90 Å². The highest BCUT2D eigenvalue weighted by Crippen LogP contribution is 2.29. The molecule has 2 aliphatic rings. The van der Waals surface area contributed by atoms with Crippen LogP contribution in [0.25, 0.3) is 0 Å². The summed E-state index contributed by atoms with van der Waals surface area (Å²) >= 11 is 0. The summed E-state index contributed by atoms with van der Waals surface area (Å²) in [6, 6.07) is 7.91. The van der Waals surface area contributed by atoms with Gasteiger partial charge in [-0.15, -0.1) is 0 Å². The summed E-state index contributed by atoms with van der Waals surface area (Å²) in [5.74, 6) is 0.133. The molecule has 1 heterocycles. The van der Waals surface area contributed by atoms with E-state index in [0.717, 1.165) is 24.0 Å². The maximum Gasteiger partial charge on any atom is 0.254 e. The van der Waals surface area contributed by atoms with Crippen LogP contribution in [0.15, 0.2) is 24.3 Å². The van der Waals surface area contributed by atoms with Crippen LogP contribution in [0.2, 0.25) is 0 Å². The Kier molecular flexibility index (Phi) is 4.03. The molecule has 3 rings (SSSR count). The van der Waals surface area contributed by atoms with Crippen LogP contribution in [0, 0.1) is 0 Å². The largest absolute Gasteiger partial charge is 0.374 e. The van der Waals surface area contributed by atoms with Gasteiger partial charge >= 0.3 is 0 Å². The Bertz CT molecular complexity index is 470. The van der Waals surface area contributed by atoms with Crippen molar-refractivity contribution < 1.29 is 9.53 Å². The van der Waals surface area contributed by atoms with Gasteiger partial charge in [0.2, 0.25) is 0 Å². The number of nitrogens with two attached hydrogens (primary N) is 1. The number of benzene rings is 1. The normalized spacial score (nSPS) is 26.1. The molecule has 0 aromatic heterocycles. The Morgan fingerprint density at radius 1 is 1.25 bits per heavy atom. The van der Waals surface area contributed by atoms with E-state index in [1.165, 1.54) is 12.8 Å². The van der Waals surface area contributed by atoms with Crippen LogP contribution in [0.3, 0.4) is 0 Å². The van der Waals surface area contributed by atoms with Gasteiger partial charge < -0.3 is 15.4 Å². The first kappa shape index (κ1) is 13.6. The molecule has 108 valence electrons. The van der Waals surface area contributed by atoms with Crippen LogP contribution in [-0.2, 0) is 11.3 Å². The molecule has 2 fully saturated rings. The lowest BCUT2D eigenvalue weighted by Crippen LogP contribution is -2.54. The number of nitrogens with zero attached hydrogens (tertiary/aromatic N) is 1. The summed E-state index contributed by atoms with van der Waals surface area (Å²) in [4.78, 5) is 14.7. The van der Waals surface area contributed by atoms with Gasteiger partial charge in [-0.2, -0.15) is 0 Å². The zero-order chi connectivity index (χ0) is 13.9. The summed E-state index contributed by atoms with van der Waals surface area (Å²) in [5, 5.41) is 0. The van der Waals surface area contributed by atoms with Crippen molar-refractivity contribution in [3.63, 3.8) is 0 Å². The number of morpholine rings is 1. The summed E-state index contributed by atoms with van der Waals surface area (Å²) in [6.07, 6.45) is 4.80. The fourth-order valence-corrected chi connectivity index (χ4v) is 3.30. The topological polar surface area (TPSA) is 55.6 Å². The van der Waals surface area contributed by atoms with E-state index in [2.05, 4.69) is 0 Å². The van der Waals surface area contributed by atoms with Gasteiger partial charge in [-0.25, -0.2) is 0 Å². The molecule has 0 radical (unpaired) electrons. The molecule has 0 bridgehead atoms. The minimum Gasteiger partial charge on any atom is -0.374 e. The number of carbonyl (C=O) groups excluding carboxylic acids is 1. The van der Waals surface area contributed by atoms with E-state index in [1.54, 1.807) is 0 Å². The number of hydrogen-bond donors (Lipinski definition) is 1. The van der Waals surface area contributed by atoms with E-state index in [4.69, 9.17) is 10.5 Å². The lowest BCUT2D eigenvalue weighted by molar-refractivity contribution is -0.0752. The van der Waals surface area contributed by atoms with Crippen molar-refractivity contribution in [2.24, 2.45) is 5.73 Å². The van der Waals surface area contributed by atoms with Crippen molar-refractivity contribution in [1.29, 1.82) is 0 Å². The van der Waals surface area contributed by atoms with Gasteiger partial charge in [-0.05, 0) is 30.5 Å². The lowest BCUT2D eigenvalue weighted by atomic mass is 9.89. The monoisotopic (exact) mass is 274 g/mol. The summed E-state index contributed by atoms with van der Waals surface area (Å²) in [5.41, 5.74) is 7.41. The average molecular weight is 274 g/mol.